The number of Topliss-reactive ketones (excluding diaryl/α,β-unsaturated/α-hetero) is 1. The summed E-state index contributed by atoms with van der Waals surface area (Å²) in [6.07, 6.45) is 0.481. The van der Waals surface area contributed by atoms with Crippen molar-refractivity contribution >= 4 is 23.4 Å². The molecule has 1 aliphatic rings. The Morgan fingerprint density at radius 1 is 1.11 bits per heavy atom. The van der Waals surface area contributed by atoms with Gasteiger partial charge in [0, 0.05) is 23.6 Å². The van der Waals surface area contributed by atoms with E-state index in [1.807, 2.05) is 0 Å². The van der Waals surface area contributed by atoms with Crippen LogP contribution in [0.3, 0.4) is 0 Å². The average Bonchev–Trinajstić information content (AvgIpc) is 3.69. The Hall–Kier alpha value is -3.39. The third-order valence-corrected chi connectivity index (χ3v) is 6.74. The fourth-order valence-corrected chi connectivity index (χ4v) is 4.51. The van der Waals surface area contributed by atoms with E-state index in [4.69, 9.17) is 16.3 Å². The van der Waals surface area contributed by atoms with Crippen molar-refractivity contribution in [3.63, 3.8) is 0 Å². The molecule has 0 saturated heterocycles. The minimum atomic E-state index is -2.97. The SMILES string of the molecule is CCOC(=O)c1ccc(CC(=O)C(CC2CC2)c2ccc(-c3c(C(F)F)ccc(Cl)c3F)c[n+]2[O-])cc1. The zero-order valence-electron chi connectivity index (χ0n) is 20.1. The molecule has 0 radical (unpaired) electrons. The standard InChI is InChI=1S/C28H25ClF3NO4/c1-2-37-28(35)18-7-5-17(6-8-18)14-24(34)21(13-16-3-4-16)23-12-9-19(15-33(23)36)25-20(27(31)32)10-11-22(29)26(25)30/h5-12,15-16,21,27H,2-4,13-14H2,1H3. The second-order valence-corrected chi connectivity index (χ2v) is 9.49. The van der Waals surface area contributed by atoms with E-state index in [2.05, 4.69) is 0 Å². The summed E-state index contributed by atoms with van der Waals surface area (Å²) in [5.41, 5.74) is 0.149. The lowest BCUT2D eigenvalue weighted by Crippen LogP contribution is -2.36. The highest BCUT2D eigenvalue weighted by atomic mass is 35.5. The van der Waals surface area contributed by atoms with Crippen LogP contribution in [-0.4, -0.2) is 18.4 Å². The van der Waals surface area contributed by atoms with Crippen LogP contribution in [0.1, 0.15) is 65.7 Å². The number of rotatable bonds is 10. The summed E-state index contributed by atoms with van der Waals surface area (Å²) in [5, 5.41) is 12.7. The van der Waals surface area contributed by atoms with Gasteiger partial charge in [-0.3, -0.25) is 4.79 Å². The first-order valence-electron chi connectivity index (χ1n) is 12.0. The first kappa shape index (κ1) is 26.7. The molecule has 1 atom stereocenters. The average molecular weight is 532 g/mol. The van der Waals surface area contributed by atoms with E-state index in [0.717, 1.165) is 31.2 Å². The molecule has 0 spiro atoms. The first-order valence-corrected chi connectivity index (χ1v) is 12.4. The number of hydrogen-bond acceptors (Lipinski definition) is 4. The van der Waals surface area contributed by atoms with Crippen LogP contribution in [0.25, 0.3) is 11.1 Å². The van der Waals surface area contributed by atoms with Crippen LogP contribution in [0.5, 0.6) is 0 Å². The maximum Gasteiger partial charge on any atom is 0.338 e. The number of carbonyl (C=O) groups excluding carboxylic acids is 2. The van der Waals surface area contributed by atoms with Crippen LogP contribution in [0.4, 0.5) is 13.2 Å². The molecule has 4 rings (SSSR count). The number of ether oxygens (including phenoxy) is 1. The molecule has 1 fully saturated rings. The third kappa shape index (κ3) is 6.13. The van der Waals surface area contributed by atoms with Gasteiger partial charge in [-0.2, -0.15) is 4.73 Å². The van der Waals surface area contributed by atoms with Gasteiger partial charge in [0.25, 0.3) is 6.43 Å². The lowest BCUT2D eigenvalue weighted by molar-refractivity contribution is -0.614. The monoisotopic (exact) mass is 531 g/mol. The molecule has 3 aromatic rings. The number of alkyl halides is 2. The van der Waals surface area contributed by atoms with Crippen molar-refractivity contribution in [3.8, 4) is 11.1 Å². The van der Waals surface area contributed by atoms with Gasteiger partial charge in [0.15, 0.2) is 12.0 Å². The normalized spacial score (nSPS) is 14.0. The van der Waals surface area contributed by atoms with E-state index in [0.29, 0.717) is 28.2 Å². The predicted octanol–water partition coefficient (Wildman–Crippen LogP) is 6.59. The van der Waals surface area contributed by atoms with E-state index in [1.165, 1.54) is 12.1 Å². The largest absolute Gasteiger partial charge is 0.618 e. The predicted molar refractivity (Wildman–Crippen MR) is 132 cm³/mol. The number of pyridine rings is 1. The zero-order chi connectivity index (χ0) is 26.7. The highest BCUT2D eigenvalue weighted by Gasteiger charge is 2.35. The van der Waals surface area contributed by atoms with Gasteiger partial charge in [-0.1, -0.05) is 42.6 Å². The summed E-state index contributed by atoms with van der Waals surface area (Å²) in [6.45, 7) is 1.96. The number of aromatic nitrogens is 1. The van der Waals surface area contributed by atoms with Gasteiger partial charge < -0.3 is 9.94 Å². The molecular weight excluding hydrogens is 507 g/mol. The number of esters is 1. The fourth-order valence-electron chi connectivity index (χ4n) is 4.35. The van der Waals surface area contributed by atoms with Crippen molar-refractivity contribution in [1.82, 2.24) is 0 Å². The molecule has 9 heteroatoms. The second kappa shape index (κ2) is 11.3. The van der Waals surface area contributed by atoms with E-state index >= 15 is 0 Å². The maximum atomic E-state index is 14.7. The van der Waals surface area contributed by atoms with Crippen LogP contribution < -0.4 is 4.73 Å². The minimum Gasteiger partial charge on any atom is -0.618 e. The summed E-state index contributed by atoms with van der Waals surface area (Å²) in [6, 6.07) is 11.3. The van der Waals surface area contributed by atoms with Gasteiger partial charge >= 0.3 is 5.97 Å². The number of halogens is 4. The molecule has 2 aromatic carbocycles. The smallest absolute Gasteiger partial charge is 0.338 e. The van der Waals surface area contributed by atoms with Gasteiger partial charge in [0.05, 0.1) is 22.8 Å². The lowest BCUT2D eigenvalue weighted by Gasteiger charge is -2.17. The van der Waals surface area contributed by atoms with E-state index in [9.17, 15) is 28.0 Å². The van der Waals surface area contributed by atoms with Crippen LogP contribution in [-0.2, 0) is 16.0 Å². The molecule has 5 nitrogen and oxygen atoms in total. The summed E-state index contributed by atoms with van der Waals surface area (Å²) in [7, 11) is 0. The van der Waals surface area contributed by atoms with E-state index < -0.39 is 35.3 Å². The molecule has 0 amide bonds. The van der Waals surface area contributed by atoms with Crippen LogP contribution in [0, 0.1) is 16.9 Å². The third-order valence-electron chi connectivity index (χ3n) is 6.45. The molecule has 194 valence electrons. The highest BCUT2D eigenvalue weighted by molar-refractivity contribution is 6.31. The molecular formula is C28H25ClF3NO4. The number of nitrogens with zero attached hydrogens (tertiary/aromatic N) is 1. The molecule has 37 heavy (non-hydrogen) atoms. The van der Waals surface area contributed by atoms with E-state index in [1.54, 1.807) is 31.2 Å². The molecule has 1 aromatic heterocycles. The van der Waals surface area contributed by atoms with Crippen molar-refractivity contribution in [2.24, 2.45) is 5.92 Å². The van der Waals surface area contributed by atoms with Gasteiger partial charge in [-0.05, 0) is 49.1 Å². The molecule has 1 aliphatic carbocycles. The van der Waals surface area contributed by atoms with Crippen LogP contribution >= 0.6 is 11.6 Å². The molecule has 1 unspecified atom stereocenters. The lowest BCUT2D eigenvalue weighted by atomic mass is 9.89. The zero-order valence-corrected chi connectivity index (χ0v) is 20.8. The molecule has 0 aliphatic heterocycles. The number of ketones is 1. The second-order valence-electron chi connectivity index (χ2n) is 9.09. The summed E-state index contributed by atoms with van der Waals surface area (Å²) in [4.78, 5) is 25.2. The van der Waals surface area contributed by atoms with Crippen LogP contribution in [0.15, 0.2) is 54.7 Å². The Kier molecular flexibility index (Phi) is 8.17. The molecule has 0 bridgehead atoms. The number of carbonyl (C=O) groups is 2. The number of benzene rings is 2. The Balaban J connectivity index is 1.61. The van der Waals surface area contributed by atoms with Crippen molar-refractivity contribution in [2.75, 3.05) is 6.61 Å². The van der Waals surface area contributed by atoms with Crippen LogP contribution in [0.2, 0.25) is 5.02 Å². The van der Waals surface area contributed by atoms with E-state index in [-0.39, 0.29) is 35.1 Å². The van der Waals surface area contributed by atoms with Gasteiger partial charge in [-0.25, -0.2) is 18.0 Å². The van der Waals surface area contributed by atoms with Gasteiger partial charge in [0.1, 0.15) is 11.7 Å². The summed E-state index contributed by atoms with van der Waals surface area (Å²) >= 11 is 5.81. The van der Waals surface area contributed by atoms with Crippen molar-refractivity contribution < 1.29 is 32.2 Å². The summed E-state index contributed by atoms with van der Waals surface area (Å²) in [5.74, 6) is -2.08. The molecule has 0 N–H and O–H groups in total. The van der Waals surface area contributed by atoms with Gasteiger partial charge in [-0.15, -0.1) is 0 Å². The first-order chi connectivity index (χ1) is 17.7. The Morgan fingerprint density at radius 3 is 2.41 bits per heavy atom. The maximum absolute atomic E-state index is 14.7. The topological polar surface area (TPSA) is 70.3 Å². The van der Waals surface area contributed by atoms with Gasteiger partial charge in [0.2, 0.25) is 5.69 Å². The molecule has 1 saturated carbocycles. The number of hydrogen-bond donors (Lipinski definition) is 0. The quantitative estimate of drug-likeness (QED) is 0.168. The molecule has 1 heterocycles. The highest BCUT2D eigenvalue weighted by Crippen LogP contribution is 2.40. The van der Waals surface area contributed by atoms with Crippen molar-refractivity contribution in [1.29, 1.82) is 0 Å². The Morgan fingerprint density at radius 2 is 1.81 bits per heavy atom. The Labute approximate surface area is 217 Å². The van der Waals surface area contributed by atoms with Crippen molar-refractivity contribution in [3.05, 3.63) is 93.2 Å². The van der Waals surface area contributed by atoms with Crippen molar-refractivity contribution in [2.45, 2.75) is 45.0 Å². The summed E-state index contributed by atoms with van der Waals surface area (Å²) < 4.78 is 47.2. The Bertz CT molecular complexity index is 1310. The minimum absolute atomic E-state index is 0.0424. The fraction of sp³-hybridized carbons (Fsp3) is 0.321.